The van der Waals surface area contributed by atoms with E-state index < -0.39 is 12.0 Å². The largest absolute Gasteiger partial charge is 0.481 e. The Balaban J connectivity index is 2.27. The number of ketones is 1. The monoisotopic (exact) mass is 320 g/mol. The zero-order valence-corrected chi connectivity index (χ0v) is 13.1. The van der Waals surface area contributed by atoms with Gasteiger partial charge in [-0.25, -0.2) is 4.99 Å². The summed E-state index contributed by atoms with van der Waals surface area (Å²) in [5, 5.41) is 8.54. The Morgan fingerprint density at radius 1 is 1.09 bits per heavy atom. The number of aliphatic carboxylic acids is 1. The predicted molar refractivity (Wildman–Crippen MR) is 89.3 cm³/mol. The number of aryl methyl sites for hydroxylation is 1. The highest BCUT2D eigenvalue weighted by atomic mass is 16.4. The first-order valence-electron chi connectivity index (χ1n) is 7.57. The van der Waals surface area contributed by atoms with Gasteiger partial charge in [0, 0.05) is 6.42 Å². The first-order valence-corrected chi connectivity index (χ1v) is 7.57. The van der Waals surface area contributed by atoms with E-state index in [9.17, 15) is 9.59 Å². The van der Waals surface area contributed by atoms with E-state index in [2.05, 4.69) is 4.99 Å². The van der Waals surface area contributed by atoms with Gasteiger partial charge >= 0.3 is 5.97 Å². The van der Waals surface area contributed by atoms with E-state index in [1.165, 1.54) is 0 Å². The maximum Gasteiger partial charge on any atom is 0.303 e. The van der Waals surface area contributed by atoms with Gasteiger partial charge in [-0.2, -0.15) is 0 Å². The number of hydrogen-bond acceptors (Lipinski definition) is 4. The summed E-state index contributed by atoms with van der Waals surface area (Å²) in [5.74, 6) is -1.14. The van der Waals surface area contributed by atoms with Crippen molar-refractivity contribution in [3.8, 4) is 0 Å². The van der Waals surface area contributed by atoms with Crippen molar-refractivity contribution >= 4 is 23.4 Å². The molecule has 0 saturated heterocycles. The molecule has 1 rings (SSSR count). The fraction of sp³-hybridized carbons (Fsp3) is 0.438. The average Bonchev–Trinajstić information content (AvgIpc) is 2.49. The fourth-order valence-corrected chi connectivity index (χ4v) is 2.16. The summed E-state index contributed by atoms with van der Waals surface area (Å²) < 4.78 is 0. The predicted octanol–water partition coefficient (Wildman–Crippen LogP) is 1.07. The Labute approximate surface area is 135 Å². The van der Waals surface area contributed by atoms with E-state index >= 15 is 0 Å². The second kappa shape index (κ2) is 9.58. The molecule has 126 valence electrons. The van der Waals surface area contributed by atoms with Crippen LogP contribution in [0.15, 0.2) is 29.3 Å². The lowest BCUT2D eigenvalue weighted by Crippen LogP contribution is -2.30. The van der Waals surface area contributed by atoms with Crippen molar-refractivity contribution in [3.63, 3.8) is 0 Å². The number of carboxylic acids is 1. The van der Waals surface area contributed by atoms with Crippen molar-refractivity contribution in [1.82, 2.24) is 0 Å². The highest BCUT2D eigenvalue weighted by Crippen LogP contribution is 2.15. The third kappa shape index (κ3) is 7.96. The molecule has 1 aromatic carbocycles. The molecular formula is C16H24N4O3. The number of carbonyl (C=O) groups is 2. The third-order valence-corrected chi connectivity index (χ3v) is 3.42. The maximum absolute atomic E-state index is 11.6. The smallest absolute Gasteiger partial charge is 0.303 e. The molecule has 0 saturated carbocycles. The maximum atomic E-state index is 11.6. The molecule has 0 aliphatic carbocycles. The van der Waals surface area contributed by atoms with Crippen LogP contribution in [0.2, 0.25) is 0 Å². The summed E-state index contributed by atoms with van der Waals surface area (Å²) in [6, 6.07) is 7.03. The van der Waals surface area contributed by atoms with Gasteiger partial charge in [0.15, 0.2) is 5.96 Å². The SMILES string of the molecule is NC(N)=Nc1ccc(CCCCC(N)C(=O)CCC(=O)O)cc1. The number of carboxylic acid groups (broad SMARTS) is 1. The van der Waals surface area contributed by atoms with E-state index in [1.807, 2.05) is 24.3 Å². The van der Waals surface area contributed by atoms with Crippen LogP contribution in [0.25, 0.3) is 0 Å². The topological polar surface area (TPSA) is 145 Å². The van der Waals surface area contributed by atoms with Gasteiger partial charge in [-0.15, -0.1) is 0 Å². The third-order valence-electron chi connectivity index (χ3n) is 3.42. The lowest BCUT2D eigenvalue weighted by atomic mass is 10.0. The normalized spacial score (nSPS) is 11.7. The van der Waals surface area contributed by atoms with E-state index in [0.717, 1.165) is 24.8 Å². The van der Waals surface area contributed by atoms with Crippen molar-refractivity contribution in [2.75, 3.05) is 0 Å². The summed E-state index contributed by atoms with van der Waals surface area (Å²) in [6.45, 7) is 0. The highest BCUT2D eigenvalue weighted by molar-refractivity contribution is 5.86. The molecule has 0 amide bonds. The Kier molecular flexibility index (Phi) is 7.76. The number of guanidine groups is 1. The second-order valence-electron chi connectivity index (χ2n) is 5.42. The van der Waals surface area contributed by atoms with Crippen LogP contribution >= 0.6 is 0 Å². The molecule has 0 bridgehead atoms. The number of Topliss-reactive ketones (excluding diaryl/α,β-unsaturated/α-hetero) is 1. The number of unbranched alkanes of at least 4 members (excludes halogenated alkanes) is 1. The molecule has 0 aliphatic rings. The number of carbonyl (C=O) groups excluding carboxylic acids is 1. The summed E-state index contributed by atoms with van der Waals surface area (Å²) in [5.41, 5.74) is 18.2. The van der Waals surface area contributed by atoms with E-state index in [0.29, 0.717) is 12.1 Å². The highest BCUT2D eigenvalue weighted by Gasteiger charge is 2.14. The van der Waals surface area contributed by atoms with Gasteiger partial charge in [0.1, 0.15) is 5.78 Å². The molecule has 1 atom stereocenters. The zero-order chi connectivity index (χ0) is 17.2. The van der Waals surface area contributed by atoms with Gasteiger partial charge in [-0.1, -0.05) is 18.6 Å². The van der Waals surface area contributed by atoms with Gasteiger partial charge in [-0.3, -0.25) is 9.59 Å². The molecule has 1 aromatic rings. The standard InChI is InChI=1S/C16H24N4O3/c17-13(14(21)9-10-15(22)23)4-2-1-3-11-5-7-12(8-6-11)20-16(18)19/h5-8,13H,1-4,9-10,17H2,(H,22,23)(H4,18,19,20). The lowest BCUT2D eigenvalue weighted by Gasteiger charge is -2.09. The molecule has 1 unspecified atom stereocenters. The van der Waals surface area contributed by atoms with Crippen LogP contribution in [0.5, 0.6) is 0 Å². The van der Waals surface area contributed by atoms with Crippen LogP contribution in [0.3, 0.4) is 0 Å². The number of benzene rings is 1. The van der Waals surface area contributed by atoms with Crippen LogP contribution in [0.4, 0.5) is 5.69 Å². The van der Waals surface area contributed by atoms with Gasteiger partial charge < -0.3 is 22.3 Å². The van der Waals surface area contributed by atoms with Crippen molar-refractivity contribution in [3.05, 3.63) is 29.8 Å². The number of nitrogens with zero attached hydrogens (tertiary/aromatic N) is 1. The molecule has 7 nitrogen and oxygen atoms in total. The van der Waals surface area contributed by atoms with E-state index in [1.54, 1.807) is 0 Å². The van der Waals surface area contributed by atoms with Crippen molar-refractivity contribution < 1.29 is 14.7 Å². The van der Waals surface area contributed by atoms with E-state index in [4.69, 9.17) is 22.3 Å². The molecule has 0 fully saturated rings. The first-order chi connectivity index (χ1) is 10.9. The summed E-state index contributed by atoms with van der Waals surface area (Å²) >= 11 is 0. The molecule has 0 radical (unpaired) electrons. The molecule has 0 spiro atoms. The van der Waals surface area contributed by atoms with Crippen molar-refractivity contribution in [2.24, 2.45) is 22.2 Å². The van der Waals surface area contributed by atoms with Gasteiger partial charge in [0.2, 0.25) is 0 Å². The molecule has 23 heavy (non-hydrogen) atoms. The van der Waals surface area contributed by atoms with Gasteiger partial charge in [-0.05, 0) is 37.0 Å². The Hall–Kier alpha value is -2.41. The zero-order valence-electron chi connectivity index (χ0n) is 13.1. The second-order valence-corrected chi connectivity index (χ2v) is 5.42. The van der Waals surface area contributed by atoms with Crippen molar-refractivity contribution in [1.29, 1.82) is 0 Å². The lowest BCUT2D eigenvalue weighted by molar-refractivity contribution is -0.138. The number of nitrogens with two attached hydrogens (primary N) is 3. The van der Waals surface area contributed by atoms with Crippen molar-refractivity contribution in [2.45, 2.75) is 44.6 Å². The number of hydrogen-bond donors (Lipinski definition) is 4. The molecular weight excluding hydrogens is 296 g/mol. The minimum atomic E-state index is -0.977. The first kappa shape index (κ1) is 18.6. The number of rotatable bonds is 10. The van der Waals surface area contributed by atoms with Crippen LogP contribution in [0, 0.1) is 0 Å². The molecule has 0 aromatic heterocycles. The molecule has 0 heterocycles. The quantitative estimate of drug-likeness (QED) is 0.288. The summed E-state index contributed by atoms with van der Waals surface area (Å²) in [4.78, 5) is 26.0. The fourth-order valence-electron chi connectivity index (χ4n) is 2.16. The van der Waals surface area contributed by atoms with Gasteiger partial charge in [0.05, 0.1) is 18.2 Å². The van der Waals surface area contributed by atoms with E-state index in [-0.39, 0.29) is 24.6 Å². The van der Waals surface area contributed by atoms with Crippen LogP contribution in [-0.2, 0) is 16.0 Å². The van der Waals surface area contributed by atoms with Crippen LogP contribution < -0.4 is 17.2 Å². The molecule has 7 N–H and O–H groups in total. The van der Waals surface area contributed by atoms with Gasteiger partial charge in [0.25, 0.3) is 0 Å². The minimum Gasteiger partial charge on any atom is -0.481 e. The summed E-state index contributed by atoms with van der Waals surface area (Å²) in [7, 11) is 0. The Bertz CT molecular complexity index is 551. The molecule has 7 heteroatoms. The average molecular weight is 320 g/mol. The van der Waals surface area contributed by atoms with Crippen LogP contribution in [-0.4, -0.2) is 28.9 Å². The number of aliphatic imine (C=N–C) groups is 1. The van der Waals surface area contributed by atoms with Crippen LogP contribution in [0.1, 0.15) is 37.7 Å². The Morgan fingerprint density at radius 3 is 2.30 bits per heavy atom. The minimum absolute atomic E-state index is 0.00273. The Morgan fingerprint density at radius 2 is 1.74 bits per heavy atom. The summed E-state index contributed by atoms with van der Waals surface area (Å²) in [6.07, 6.45) is 3.01. The molecule has 0 aliphatic heterocycles.